The van der Waals surface area contributed by atoms with Crippen molar-refractivity contribution >= 4 is 11.9 Å². The van der Waals surface area contributed by atoms with Crippen LogP contribution in [0.25, 0.3) is 0 Å². The van der Waals surface area contributed by atoms with Gasteiger partial charge in [0.05, 0.1) is 0 Å². The molecule has 0 spiro atoms. The normalized spacial score (nSPS) is 9.50. The number of carboxylic acids is 1. The SMILES string of the molecule is O=C(O)C(=O)OCC(O)O. The molecule has 0 amide bonds. The Morgan fingerprint density at radius 1 is 1.40 bits per heavy atom. The highest BCUT2D eigenvalue weighted by molar-refractivity contribution is 6.28. The molecule has 0 bridgehead atoms. The number of aliphatic hydroxyl groups is 2. The van der Waals surface area contributed by atoms with Crippen molar-refractivity contribution in [2.45, 2.75) is 6.29 Å². The predicted molar refractivity (Wildman–Crippen MR) is 26.8 cm³/mol. The zero-order valence-electron chi connectivity index (χ0n) is 4.85. The maximum atomic E-state index is 10.0. The molecule has 0 aromatic rings. The fourth-order valence-corrected chi connectivity index (χ4v) is 0.212. The Morgan fingerprint density at radius 2 is 1.90 bits per heavy atom. The largest absolute Gasteiger partial charge is 0.473 e. The molecule has 6 heteroatoms. The average Bonchev–Trinajstić information content (AvgIpc) is 1.82. The molecule has 0 aliphatic carbocycles. The van der Waals surface area contributed by atoms with Crippen molar-refractivity contribution in [3.05, 3.63) is 0 Å². The highest BCUT2D eigenvalue weighted by Crippen LogP contribution is 1.81. The van der Waals surface area contributed by atoms with Gasteiger partial charge in [0.1, 0.15) is 6.61 Å². The minimum atomic E-state index is -1.83. The van der Waals surface area contributed by atoms with Gasteiger partial charge in [0.2, 0.25) is 0 Å². The maximum absolute atomic E-state index is 10.0. The van der Waals surface area contributed by atoms with Crippen LogP contribution < -0.4 is 0 Å². The molecule has 0 rings (SSSR count). The van der Waals surface area contributed by atoms with Gasteiger partial charge in [-0.15, -0.1) is 0 Å². The molecule has 0 fully saturated rings. The lowest BCUT2D eigenvalue weighted by Crippen LogP contribution is -2.22. The van der Waals surface area contributed by atoms with Gasteiger partial charge in [-0.25, -0.2) is 9.59 Å². The second kappa shape index (κ2) is 3.80. The molecular weight excluding hydrogens is 144 g/mol. The zero-order valence-corrected chi connectivity index (χ0v) is 4.85. The Labute approximate surface area is 55.7 Å². The van der Waals surface area contributed by atoms with Crippen LogP contribution in [0.5, 0.6) is 0 Å². The van der Waals surface area contributed by atoms with Crippen LogP contribution >= 0.6 is 0 Å². The smallest absolute Gasteiger partial charge is 0.417 e. The van der Waals surface area contributed by atoms with E-state index >= 15 is 0 Å². The summed E-state index contributed by atoms with van der Waals surface area (Å²) in [7, 11) is 0. The van der Waals surface area contributed by atoms with Gasteiger partial charge < -0.3 is 20.1 Å². The third-order valence-corrected chi connectivity index (χ3v) is 0.538. The summed E-state index contributed by atoms with van der Waals surface area (Å²) < 4.78 is 3.83. The molecule has 58 valence electrons. The highest BCUT2D eigenvalue weighted by atomic mass is 16.6. The summed E-state index contributed by atoms with van der Waals surface area (Å²) in [6, 6.07) is 0. The highest BCUT2D eigenvalue weighted by Gasteiger charge is 2.13. The molecule has 0 saturated carbocycles. The first-order valence-corrected chi connectivity index (χ1v) is 2.30. The molecule has 6 nitrogen and oxygen atoms in total. The van der Waals surface area contributed by atoms with Crippen molar-refractivity contribution in [2.75, 3.05) is 6.61 Å². The second-order valence-corrected chi connectivity index (χ2v) is 1.38. The lowest BCUT2D eigenvalue weighted by atomic mass is 10.6. The fourth-order valence-electron chi connectivity index (χ4n) is 0.212. The van der Waals surface area contributed by atoms with E-state index in [1.165, 1.54) is 0 Å². The average molecular weight is 150 g/mol. The maximum Gasteiger partial charge on any atom is 0.417 e. The van der Waals surface area contributed by atoms with Crippen LogP contribution in [0.1, 0.15) is 0 Å². The summed E-state index contributed by atoms with van der Waals surface area (Å²) in [4.78, 5) is 19.7. The van der Waals surface area contributed by atoms with Crippen molar-refractivity contribution in [3.63, 3.8) is 0 Å². The van der Waals surface area contributed by atoms with Crippen molar-refractivity contribution in [2.24, 2.45) is 0 Å². The summed E-state index contributed by atoms with van der Waals surface area (Å²) in [5.74, 6) is -3.27. The Balaban J connectivity index is 3.50. The van der Waals surface area contributed by atoms with Crippen LogP contribution in [0, 0.1) is 0 Å². The van der Waals surface area contributed by atoms with E-state index in [9.17, 15) is 9.59 Å². The van der Waals surface area contributed by atoms with E-state index in [-0.39, 0.29) is 0 Å². The lowest BCUT2D eigenvalue weighted by Gasteiger charge is -2.01. The number of carbonyl (C=O) groups is 2. The number of esters is 1. The Morgan fingerprint density at radius 3 is 2.20 bits per heavy atom. The summed E-state index contributed by atoms with van der Waals surface area (Å²) in [6.45, 7) is -0.731. The third-order valence-electron chi connectivity index (χ3n) is 0.538. The van der Waals surface area contributed by atoms with E-state index < -0.39 is 24.8 Å². The number of rotatable bonds is 2. The quantitative estimate of drug-likeness (QED) is 0.237. The summed E-state index contributed by atoms with van der Waals surface area (Å²) in [5, 5.41) is 24.0. The van der Waals surface area contributed by atoms with Gasteiger partial charge in [-0.1, -0.05) is 0 Å². The molecule has 0 aliphatic heterocycles. The van der Waals surface area contributed by atoms with Crippen LogP contribution in [-0.4, -0.2) is 40.2 Å². The van der Waals surface area contributed by atoms with Crippen LogP contribution in [0.15, 0.2) is 0 Å². The third kappa shape index (κ3) is 3.81. The molecule has 10 heavy (non-hydrogen) atoms. The molecule has 0 unspecified atom stereocenters. The van der Waals surface area contributed by atoms with E-state index in [2.05, 4.69) is 4.74 Å². The Bertz CT molecular complexity index is 139. The predicted octanol–water partition coefficient (Wildman–Crippen LogP) is -2.08. The molecule has 0 radical (unpaired) electrons. The number of aliphatic carboxylic acids is 1. The lowest BCUT2D eigenvalue weighted by molar-refractivity contribution is -0.171. The van der Waals surface area contributed by atoms with Gasteiger partial charge >= 0.3 is 11.9 Å². The molecule has 0 aromatic heterocycles. The van der Waals surface area contributed by atoms with E-state index in [4.69, 9.17) is 15.3 Å². The summed E-state index contributed by atoms with van der Waals surface area (Å²) >= 11 is 0. The fraction of sp³-hybridized carbons (Fsp3) is 0.500. The molecule has 0 atom stereocenters. The van der Waals surface area contributed by atoms with Crippen LogP contribution in [0.3, 0.4) is 0 Å². The molecule has 0 saturated heterocycles. The van der Waals surface area contributed by atoms with Gasteiger partial charge in [0, 0.05) is 0 Å². The van der Waals surface area contributed by atoms with E-state index in [0.717, 1.165) is 0 Å². The van der Waals surface area contributed by atoms with Crippen molar-refractivity contribution < 1.29 is 29.6 Å². The van der Waals surface area contributed by atoms with Gasteiger partial charge in [0.25, 0.3) is 0 Å². The topological polar surface area (TPSA) is 104 Å². The van der Waals surface area contributed by atoms with Gasteiger partial charge in [-0.3, -0.25) is 0 Å². The van der Waals surface area contributed by atoms with Gasteiger partial charge in [0.15, 0.2) is 6.29 Å². The molecular formula is C4H6O6. The first-order chi connectivity index (χ1) is 4.54. The Hall–Kier alpha value is -1.14. The number of hydrogen-bond donors (Lipinski definition) is 3. The second-order valence-electron chi connectivity index (χ2n) is 1.38. The molecule has 3 N–H and O–H groups in total. The van der Waals surface area contributed by atoms with Gasteiger partial charge in [-0.05, 0) is 0 Å². The minimum Gasteiger partial charge on any atom is -0.473 e. The number of carboxylic acid groups (broad SMARTS) is 1. The number of ether oxygens (including phenoxy) is 1. The van der Waals surface area contributed by atoms with Crippen LogP contribution in [-0.2, 0) is 14.3 Å². The Kier molecular flexibility index (Phi) is 3.37. The van der Waals surface area contributed by atoms with E-state index in [1.807, 2.05) is 0 Å². The zero-order chi connectivity index (χ0) is 8.15. The van der Waals surface area contributed by atoms with Crippen LogP contribution in [0.2, 0.25) is 0 Å². The van der Waals surface area contributed by atoms with Gasteiger partial charge in [-0.2, -0.15) is 0 Å². The summed E-state index contributed by atoms with van der Waals surface area (Å²) in [5.41, 5.74) is 0. The molecule has 0 heterocycles. The van der Waals surface area contributed by atoms with E-state index in [0.29, 0.717) is 0 Å². The molecule has 0 aromatic carbocycles. The minimum absolute atomic E-state index is 0.731. The number of carbonyl (C=O) groups excluding carboxylic acids is 1. The van der Waals surface area contributed by atoms with Crippen molar-refractivity contribution in [1.29, 1.82) is 0 Å². The van der Waals surface area contributed by atoms with Crippen LogP contribution in [0.4, 0.5) is 0 Å². The first-order valence-electron chi connectivity index (χ1n) is 2.30. The summed E-state index contributed by atoms with van der Waals surface area (Å²) in [6.07, 6.45) is -1.83. The van der Waals surface area contributed by atoms with Crippen molar-refractivity contribution in [3.8, 4) is 0 Å². The number of aliphatic hydroxyl groups excluding tert-OH is 1. The monoisotopic (exact) mass is 150 g/mol. The van der Waals surface area contributed by atoms with E-state index in [1.54, 1.807) is 0 Å². The molecule has 0 aliphatic rings. The standard InChI is InChI=1S/C4H6O6/c5-2(6)1-10-4(9)3(7)8/h2,5-6H,1H2,(H,7,8). The number of hydrogen-bond acceptors (Lipinski definition) is 5. The first kappa shape index (κ1) is 8.86. The van der Waals surface area contributed by atoms with Crippen molar-refractivity contribution in [1.82, 2.24) is 0 Å².